The number of hydrogen-bond donors (Lipinski definition) is 0. The first-order valence-electron chi connectivity index (χ1n) is 6.58. The van der Waals surface area contributed by atoms with Crippen LogP contribution < -0.4 is 4.74 Å². The molecule has 0 fully saturated rings. The molecule has 0 unspecified atom stereocenters. The van der Waals surface area contributed by atoms with Crippen LogP contribution in [0.2, 0.25) is 0 Å². The van der Waals surface area contributed by atoms with Crippen LogP contribution in [0.5, 0.6) is 5.75 Å². The van der Waals surface area contributed by atoms with Gasteiger partial charge in [0, 0.05) is 13.1 Å². The number of amides is 1. The molecule has 0 heterocycles. The normalized spacial score (nSPS) is 9.95. The molecule has 1 rings (SSSR count). The highest BCUT2D eigenvalue weighted by Gasteiger charge is 2.14. The molecule has 0 radical (unpaired) electrons. The van der Waals surface area contributed by atoms with Crippen LogP contribution in [0.1, 0.15) is 18.9 Å². The Morgan fingerprint density at radius 1 is 1.15 bits per heavy atom. The van der Waals surface area contributed by atoms with Gasteiger partial charge in [0.25, 0.3) is 0 Å². The van der Waals surface area contributed by atoms with Crippen LogP contribution in [0, 0.1) is 0 Å². The lowest BCUT2D eigenvalue weighted by Gasteiger charge is -2.20. The van der Waals surface area contributed by atoms with Crippen molar-refractivity contribution in [2.45, 2.75) is 19.8 Å². The van der Waals surface area contributed by atoms with E-state index in [1.165, 1.54) is 7.11 Å². The van der Waals surface area contributed by atoms with Gasteiger partial charge in [-0.1, -0.05) is 12.1 Å². The number of likely N-dealkylation sites (N-methyl/N-ethyl adjacent to an activating group) is 1. The highest BCUT2D eigenvalue weighted by molar-refractivity contribution is 5.79. The Balaban J connectivity index is 2.55. The zero-order valence-corrected chi connectivity index (χ0v) is 12.2. The van der Waals surface area contributed by atoms with Crippen molar-refractivity contribution in [3.63, 3.8) is 0 Å². The van der Waals surface area contributed by atoms with Gasteiger partial charge in [-0.15, -0.1) is 0 Å². The van der Waals surface area contributed by atoms with Gasteiger partial charge < -0.3 is 14.4 Å². The summed E-state index contributed by atoms with van der Waals surface area (Å²) in [6.07, 6.45) is 0.539. The van der Waals surface area contributed by atoms with Crippen molar-refractivity contribution in [2.75, 3.05) is 27.3 Å². The highest BCUT2D eigenvalue weighted by Crippen LogP contribution is 2.12. The number of esters is 1. The molecular formula is C15H21NO4. The smallest absolute Gasteiger partial charge is 0.307 e. The summed E-state index contributed by atoms with van der Waals surface area (Å²) >= 11 is 0. The highest BCUT2D eigenvalue weighted by atomic mass is 16.5. The minimum atomic E-state index is -0.305. The van der Waals surface area contributed by atoms with Gasteiger partial charge in [-0.3, -0.25) is 9.59 Å². The third kappa shape index (κ3) is 4.91. The Morgan fingerprint density at radius 3 is 2.30 bits per heavy atom. The van der Waals surface area contributed by atoms with Gasteiger partial charge in [-0.05, 0) is 24.6 Å². The number of methoxy groups -OCH3 is 2. The van der Waals surface area contributed by atoms with Gasteiger partial charge in [0.15, 0.2) is 0 Å². The van der Waals surface area contributed by atoms with E-state index in [4.69, 9.17) is 4.74 Å². The zero-order valence-electron chi connectivity index (χ0n) is 12.2. The van der Waals surface area contributed by atoms with E-state index in [1.54, 1.807) is 12.0 Å². The van der Waals surface area contributed by atoms with Crippen LogP contribution in [-0.2, 0) is 20.7 Å². The summed E-state index contributed by atoms with van der Waals surface area (Å²) in [6.45, 7) is 2.85. The summed E-state index contributed by atoms with van der Waals surface area (Å²) in [5.41, 5.74) is 0.923. The average Bonchev–Trinajstić information content (AvgIpc) is 2.48. The van der Waals surface area contributed by atoms with E-state index in [-0.39, 0.29) is 18.3 Å². The van der Waals surface area contributed by atoms with Crippen molar-refractivity contribution >= 4 is 11.9 Å². The van der Waals surface area contributed by atoms with Crippen molar-refractivity contribution in [2.24, 2.45) is 0 Å². The zero-order chi connectivity index (χ0) is 15.0. The molecule has 0 bridgehead atoms. The molecule has 0 saturated carbocycles. The topological polar surface area (TPSA) is 55.8 Å². The Hall–Kier alpha value is -2.04. The van der Waals surface area contributed by atoms with Crippen LogP contribution in [0.4, 0.5) is 0 Å². The molecule has 0 aromatic heterocycles. The minimum Gasteiger partial charge on any atom is -0.497 e. The lowest BCUT2D eigenvalue weighted by Crippen LogP contribution is -2.34. The van der Waals surface area contributed by atoms with E-state index in [0.717, 1.165) is 11.3 Å². The summed E-state index contributed by atoms with van der Waals surface area (Å²) < 4.78 is 9.65. The lowest BCUT2D eigenvalue weighted by molar-refractivity contribution is -0.141. The van der Waals surface area contributed by atoms with E-state index in [1.807, 2.05) is 31.2 Å². The van der Waals surface area contributed by atoms with Gasteiger partial charge in [0.05, 0.1) is 27.1 Å². The van der Waals surface area contributed by atoms with Gasteiger partial charge in [0.2, 0.25) is 5.91 Å². The molecule has 0 saturated heterocycles. The maximum absolute atomic E-state index is 12.1. The molecule has 1 aromatic carbocycles. The van der Waals surface area contributed by atoms with Crippen LogP contribution >= 0.6 is 0 Å². The first-order valence-corrected chi connectivity index (χ1v) is 6.58. The van der Waals surface area contributed by atoms with Crippen molar-refractivity contribution in [3.05, 3.63) is 29.8 Å². The number of nitrogens with zero attached hydrogens (tertiary/aromatic N) is 1. The Labute approximate surface area is 119 Å². The summed E-state index contributed by atoms with van der Waals surface area (Å²) in [4.78, 5) is 24.9. The van der Waals surface area contributed by atoms with Crippen LogP contribution in [0.3, 0.4) is 0 Å². The predicted molar refractivity (Wildman–Crippen MR) is 75.6 cm³/mol. The maximum Gasteiger partial charge on any atom is 0.307 e. The first-order chi connectivity index (χ1) is 9.60. The van der Waals surface area contributed by atoms with Crippen molar-refractivity contribution in [1.29, 1.82) is 0 Å². The molecule has 1 aromatic rings. The first kappa shape index (κ1) is 16.0. The molecule has 0 aliphatic heterocycles. The molecule has 0 spiro atoms. The van der Waals surface area contributed by atoms with E-state index < -0.39 is 0 Å². The van der Waals surface area contributed by atoms with Crippen LogP contribution in [0.25, 0.3) is 0 Å². The summed E-state index contributed by atoms with van der Waals surface area (Å²) in [5, 5.41) is 0. The second kappa shape index (κ2) is 8.19. The molecule has 0 aliphatic carbocycles. The molecule has 5 heteroatoms. The second-order valence-corrected chi connectivity index (χ2v) is 4.32. The predicted octanol–water partition coefficient (Wildman–Crippen LogP) is 1.65. The second-order valence-electron chi connectivity index (χ2n) is 4.32. The molecule has 0 aliphatic rings. The third-order valence-corrected chi connectivity index (χ3v) is 3.06. The molecule has 110 valence electrons. The van der Waals surface area contributed by atoms with Gasteiger partial charge in [-0.2, -0.15) is 0 Å². The quantitative estimate of drug-likeness (QED) is 0.712. The number of carbonyl (C=O) groups excluding carboxylic acids is 2. The molecule has 20 heavy (non-hydrogen) atoms. The number of benzene rings is 1. The Bertz CT molecular complexity index is 442. The molecule has 1 amide bonds. The van der Waals surface area contributed by atoms with Gasteiger partial charge in [0.1, 0.15) is 5.75 Å². The summed E-state index contributed by atoms with van der Waals surface area (Å²) in [6, 6.07) is 7.39. The Morgan fingerprint density at radius 2 is 1.80 bits per heavy atom. The minimum absolute atomic E-state index is 0.00145. The number of carbonyl (C=O) groups is 2. The fourth-order valence-corrected chi connectivity index (χ4v) is 1.82. The molecule has 0 atom stereocenters. The lowest BCUT2D eigenvalue weighted by atomic mass is 10.1. The van der Waals surface area contributed by atoms with E-state index in [2.05, 4.69) is 4.74 Å². The maximum atomic E-state index is 12.1. The summed E-state index contributed by atoms with van der Waals surface area (Å²) in [7, 11) is 2.95. The van der Waals surface area contributed by atoms with Crippen LogP contribution in [0.15, 0.2) is 24.3 Å². The number of hydrogen-bond acceptors (Lipinski definition) is 4. The number of ether oxygens (including phenoxy) is 2. The third-order valence-electron chi connectivity index (χ3n) is 3.06. The SMILES string of the molecule is CCN(CCC(=O)OC)C(=O)Cc1ccc(OC)cc1. The van der Waals surface area contributed by atoms with Gasteiger partial charge in [-0.25, -0.2) is 0 Å². The van der Waals surface area contributed by atoms with E-state index >= 15 is 0 Å². The van der Waals surface area contributed by atoms with E-state index in [9.17, 15) is 9.59 Å². The Kier molecular flexibility index (Phi) is 6.56. The molecule has 5 nitrogen and oxygen atoms in total. The van der Waals surface area contributed by atoms with E-state index in [0.29, 0.717) is 19.5 Å². The van der Waals surface area contributed by atoms with Crippen molar-refractivity contribution < 1.29 is 19.1 Å². The monoisotopic (exact) mass is 279 g/mol. The molecular weight excluding hydrogens is 258 g/mol. The fraction of sp³-hybridized carbons (Fsp3) is 0.467. The van der Waals surface area contributed by atoms with Gasteiger partial charge >= 0.3 is 5.97 Å². The standard InChI is InChI=1S/C15H21NO4/c1-4-16(10-9-15(18)20-3)14(17)11-12-5-7-13(19-2)8-6-12/h5-8H,4,9-11H2,1-3H3. The average molecular weight is 279 g/mol. The summed E-state index contributed by atoms with van der Waals surface area (Å²) in [5.74, 6) is 0.460. The number of rotatable bonds is 7. The van der Waals surface area contributed by atoms with Crippen molar-refractivity contribution in [1.82, 2.24) is 4.90 Å². The molecule has 0 N–H and O–H groups in total. The largest absolute Gasteiger partial charge is 0.497 e. The van der Waals surface area contributed by atoms with Crippen LogP contribution in [-0.4, -0.2) is 44.1 Å². The van der Waals surface area contributed by atoms with Crippen molar-refractivity contribution in [3.8, 4) is 5.75 Å². The fourth-order valence-electron chi connectivity index (χ4n) is 1.82.